The summed E-state index contributed by atoms with van der Waals surface area (Å²) in [6.07, 6.45) is 1.49. The topological polar surface area (TPSA) is 55.6 Å². The number of amides is 1. The normalized spacial score (nSPS) is 11.0. The molecule has 0 atom stereocenters. The molecule has 2 heterocycles. The smallest absolute Gasteiger partial charge is 0.290 e. The van der Waals surface area contributed by atoms with E-state index in [2.05, 4.69) is 24.0 Å². The summed E-state index contributed by atoms with van der Waals surface area (Å²) in [5.41, 5.74) is 4.86. The maximum atomic E-state index is 13.2. The predicted molar refractivity (Wildman–Crippen MR) is 122 cm³/mol. The number of methoxy groups -OCH3 is 1. The number of rotatable bonds is 6. The zero-order valence-electron chi connectivity index (χ0n) is 17.7. The van der Waals surface area contributed by atoms with Gasteiger partial charge in [0.05, 0.1) is 18.9 Å². The third-order valence-electron chi connectivity index (χ3n) is 5.19. The van der Waals surface area contributed by atoms with Gasteiger partial charge in [0, 0.05) is 24.0 Å². The van der Waals surface area contributed by atoms with Gasteiger partial charge < -0.3 is 14.1 Å². The SMILES string of the molecule is COc1ccc(CN(Cc2cc3cc(C)cc(C)c3nc2Cl)C(=O)c2ccco2)cc1. The molecule has 0 saturated carbocycles. The molecule has 0 unspecified atom stereocenters. The highest BCUT2D eigenvalue weighted by atomic mass is 35.5. The standard InChI is InChI=1S/C25H23ClN2O3/c1-16-11-17(2)23-19(12-16)13-20(24(26)27-23)15-28(25(29)22-5-4-10-31-22)14-18-6-8-21(30-3)9-7-18/h4-13H,14-15H2,1-3H3. The quantitative estimate of drug-likeness (QED) is 0.352. The summed E-state index contributed by atoms with van der Waals surface area (Å²) in [5, 5.41) is 1.40. The van der Waals surface area contributed by atoms with Crippen molar-refractivity contribution in [2.75, 3.05) is 7.11 Å². The molecule has 2 aromatic carbocycles. The van der Waals surface area contributed by atoms with Crippen molar-refractivity contribution >= 4 is 28.4 Å². The summed E-state index contributed by atoms with van der Waals surface area (Å²) >= 11 is 6.54. The van der Waals surface area contributed by atoms with Crippen molar-refractivity contribution < 1.29 is 13.9 Å². The second-order valence-electron chi connectivity index (χ2n) is 7.58. The number of nitrogens with zero attached hydrogens (tertiary/aromatic N) is 2. The monoisotopic (exact) mass is 434 g/mol. The third-order valence-corrected chi connectivity index (χ3v) is 5.52. The average molecular weight is 435 g/mol. The summed E-state index contributed by atoms with van der Waals surface area (Å²) in [6.45, 7) is 4.77. The van der Waals surface area contributed by atoms with Crippen LogP contribution in [-0.4, -0.2) is 22.9 Å². The molecule has 0 fully saturated rings. The number of fused-ring (bicyclic) bond motifs is 1. The zero-order valence-corrected chi connectivity index (χ0v) is 18.4. The minimum Gasteiger partial charge on any atom is -0.497 e. The van der Waals surface area contributed by atoms with Crippen LogP contribution in [0.1, 0.15) is 32.8 Å². The number of furan rings is 1. The molecule has 0 radical (unpaired) electrons. The Kier molecular flexibility index (Phi) is 5.96. The van der Waals surface area contributed by atoms with E-state index < -0.39 is 0 Å². The number of ether oxygens (including phenoxy) is 1. The van der Waals surface area contributed by atoms with E-state index in [0.29, 0.717) is 18.2 Å². The van der Waals surface area contributed by atoms with Crippen LogP contribution in [0, 0.1) is 13.8 Å². The lowest BCUT2D eigenvalue weighted by molar-refractivity contribution is 0.0697. The Morgan fingerprint density at radius 1 is 1.10 bits per heavy atom. The first kappa shape index (κ1) is 20.9. The fraction of sp³-hybridized carbons (Fsp3) is 0.200. The molecule has 1 amide bonds. The maximum Gasteiger partial charge on any atom is 0.290 e. The minimum absolute atomic E-state index is 0.211. The Labute approximate surface area is 186 Å². The van der Waals surface area contributed by atoms with Gasteiger partial charge in [-0.2, -0.15) is 0 Å². The highest BCUT2D eigenvalue weighted by molar-refractivity contribution is 6.30. The van der Waals surface area contributed by atoms with Crippen LogP contribution in [0.5, 0.6) is 5.75 Å². The van der Waals surface area contributed by atoms with Gasteiger partial charge in [-0.25, -0.2) is 4.98 Å². The van der Waals surface area contributed by atoms with Gasteiger partial charge in [-0.1, -0.05) is 35.4 Å². The van der Waals surface area contributed by atoms with Gasteiger partial charge in [0.15, 0.2) is 5.76 Å². The molecule has 0 spiro atoms. The maximum absolute atomic E-state index is 13.2. The average Bonchev–Trinajstić information content (AvgIpc) is 3.29. The van der Waals surface area contributed by atoms with Crippen molar-refractivity contribution in [1.82, 2.24) is 9.88 Å². The first-order valence-corrected chi connectivity index (χ1v) is 10.3. The Bertz CT molecular complexity index is 1220. The van der Waals surface area contributed by atoms with Crippen LogP contribution < -0.4 is 4.74 Å². The van der Waals surface area contributed by atoms with Gasteiger partial charge >= 0.3 is 0 Å². The highest BCUT2D eigenvalue weighted by Gasteiger charge is 2.21. The van der Waals surface area contributed by atoms with Crippen LogP contribution in [-0.2, 0) is 13.1 Å². The van der Waals surface area contributed by atoms with Gasteiger partial charge in [0.1, 0.15) is 10.9 Å². The van der Waals surface area contributed by atoms with E-state index in [9.17, 15) is 4.79 Å². The van der Waals surface area contributed by atoms with Crippen LogP contribution in [0.15, 0.2) is 65.3 Å². The molecule has 2 aromatic heterocycles. The minimum atomic E-state index is -0.211. The van der Waals surface area contributed by atoms with Crippen molar-refractivity contribution in [3.63, 3.8) is 0 Å². The Morgan fingerprint density at radius 3 is 2.55 bits per heavy atom. The number of pyridine rings is 1. The van der Waals surface area contributed by atoms with E-state index in [4.69, 9.17) is 20.8 Å². The summed E-state index contributed by atoms with van der Waals surface area (Å²) < 4.78 is 10.6. The number of carbonyl (C=O) groups excluding carboxylic acids is 1. The lowest BCUT2D eigenvalue weighted by Crippen LogP contribution is -2.30. The second kappa shape index (κ2) is 8.82. The largest absolute Gasteiger partial charge is 0.497 e. The van der Waals surface area contributed by atoms with E-state index in [1.165, 1.54) is 6.26 Å². The van der Waals surface area contributed by atoms with Crippen LogP contribution in [0.3, 0.4) is 0 Å². The summed E-state index contributed by atoms with van der Waals surface area (Å²) in [4.78, 5) is 19.5. The van der Waals surface area contributed by atoms with Crippen LogP contribution >= 0.6 is 11.6 Å². The molecule has 0 aliphatic rings. The van der Waals surface area contributed by atoms with Gasteiger partial charge in [0.25, 0.3) is 5.91 Å². The molecule has 4 rings (SSSR count). The molecular weight excluding hydrogens is 412 g/mol. The molecule has 5 nitrogen and oxygen atoms in total. The van der Waals surface area contributed by atoms with E-state index in [0.717, 1.165) is 38.9 Å². The zero-order chi connectivity index (χ0) is 22.0. The van der Waals surface area contributed by atoms with Crippen LogP contribution in [0.2, 0.25) is 5.15 Å². The molecule has 0 N–H and O–H groups in total. The molecule has 0 aliphatic heterocycles. The van der Waals surface area contributed by atoms with Crippen molar-refractivity contribution in [2.24, 2.45) is 0 Å². The van der Waals surface area contributed by atoms with Crippen LogP contribution in [0.25, 0.3) is 10.9 Å². The third kappa shape index (κ3) is 4.57. The first-order chi connectivity index (χ1) is 14.9. The van der Waals surface area contributed by atoms with E-state index in [1.54, 1.807) is 24.1 Å². The Balaban J connectivity index is 1.69. The number of benzene rings is 2. The fourth-order valence-corrected chi connectivity index (χ4v) is 3.90. The van der Waals surface area contributed by atoms with E-state index in [1.807, 2.05) is 37.3 Å². The van der Waals surface area contributed by atoms with E-state index in [-0.39, 0.29) is 11.7 Å². The van der Waals surface area contributed by atoms with E-state index >= 15 is 0 Å². The van der Waals surface area contributed by atoms with Gasteiger partial charge in [-0.3, -0.25) is 4.79 Å². The van der Waals surface area contributed by atoms with Crippen molar-refractivity contribution in [2.45, 2.75) is 26.9 Å². The van der Waals surface area contributed by atoms with Crippen molar-refractivity contribution in [3.05, 3.63) is 94.0 Å². The Morgan fingerprint density at radius 2 is 1.87 bits per heavy atom. The number of hydrogen-bond acceptors (Lipinski definition) is 4. The number of hydrogen-bond donors (Lipinski definition) is 0. The fourth-order valence-electron chi connectivity index (χ4n) is 3.70. The molecular formula is C25H23ClN2O3. The second-order valence-corrected chi connectivity index (χ2v) is 7.94. The highest BCUT2D eigenvalue weighted by Crippen LogP contribution is 2.26. The van der Waals surface area contributed by atoms with Gasteiger partial charge in [0.2, 0.25) is 0 Å². The first-order valence-electron chi connectivity index (χ1n) is 9.96. The summed E-state index contributed by atoms with van der Waals surface area (Å²) in [7, 11) is 1.62. The molecule has 0 saturated heterocycles. The lowest BCUT2D eigenvalue weighted by Gasteiger charge is -2.23. The molecule has 158 valence electrons. The number of aromatic nitrogens is 1. The van der Waals surface area contributed by atoms with Crippen LogP contribution in [0.4, 0.5) is 0 Å². The van der Waals surface area contributed by atoms with Gasteiger partial charge in [-0.05, 0) is 61.4 Å². The molecule has 6 heteroatoms. The molecule has 31 heavy (non-hydrogen) atoms. The predicted octanol–water partition coefficient (Wildman–Crippen LogP) is 5.95. The summed E-state index contributed by atoms with van der Waals surface area (Å²) in [5.74, 6) is 0.836. The summed E-state index contributed by atoms with van der Waals surface area (Å²) in [6, 6.07) is 17.2. The number of aryl methyl sites for hydroxylation is 2. The van der Waals surface area contributed by atoms with Crippen molar-refractivity contribution in [3.8, 4) is 5.75 Å². The van der Waals surface area contributed by atoms with Crippen molar-refractivity contribution in [1.29, 1.82) is 0 Å². The molecule has 0 bridgehead atoms. The van der Waals surface area contributed by atoms with Gasteiger partial charge in [-0.15, -0.1) is 0 Å². The molecule has 4 aromatic rings. The molecule has 0 aliphatic carbocycles. The lowest BCUT2D eigenvalue weighted by atomic mass is 10.0. The number of halogens is 1. The Hall–Kier alpha value is -3.31. The number of carbonyl (C=O) groups is 1.